The summed E-state index contributed by atoms with van der Waals surface area (Å²) in [7, 11) is 0. The van der Waals surface area contributed by atoms with Gasteiger partial charge in [-0.1, -0.05) is 60.7 Å². The maximum atomic E-state index is 13.2. The predicted molar refractivity (Wildman–Crippen MR) is 165 cm³/mol. The van der Waals surface area contributed by atoms with Gasteiger partial charge in [0, 0.05) is 47.0 Å². The Labute approximate surface area is 240 Å². The van der Waals surface area contributed by atoms with E-state index in [4.69, 9.17) is 14.7 Å². The third-order valence-electron chi connectivity index (χ3n) is 7.64. The summed E-state index contributed by atoms with van der Waals surface area (Å²) in [6.45, 7) is 7.55. The number of aryl methyl sites for hydroxylation is 1. The number of para-hydroxylation sites is 1. The van der Waals surface area contributed by atoms with Crippen LogP contribution in [-0.2, 0) is 4.74 Å². The number of amides is 1. The van der Waals surface area contributed by atoms with Gasteiger partial charge >= 0.3 is 0 Å². The monoisotopic (exact) mass is 543 g/mol. The van der Waals surface area contributed by atoms with Crippen LogP contribution in [0.4, 0.5) is 17.3 Å². The van der Waals surface area contributed by atoms with Crippen molar-refractivity contribution in [2.24, 2.45) is 0 Å². The quantitative estimate of drug-likeness (QED) is 0.230. The van der Waals surface area contributed by atoms with Crippen LogP contribution in [0.2, 0.25) is 0 Å². The number of carbonyl (C=O) groups is 1. The van der Waals surface area contributed by atoms with E-state index in [0.717, 1.165) is 65.4 Å². The first-order chi connectivity index (χ1) is 20.0. The molecule has 1 aliphatic rings. The standard InChI is InChI=1S/C34H33N5O2/c1-23-12-13-27(24(2)39-18-20-41-21-19-39)22-31(23)36-33(40)26-14-16-28(17-15-26)35-34-37-30-11-7-6-10-29(30)32(38-34)25-8-4-3-5-9-25/h3-17,22,24H,18-21H2,1-2H3,(H,36,40)(H,35,37,38). The number of aromatic nitrogens is 2. The Morgan fingerprint density at radius 3 is 2.39 bits per heavy atom. The van der Waals surface area contributed by atoms with Crippen molar-refractivity contribution in [3.05, 3.63) is 114 Å². The topological polar surface area (TPSA) is 79.4 Å². The Balaban J connectivity index is 1.18. The van der Waals surface area contributed by atoms with Crippen LogP contribution in [0.1, 0.15) is 34.5 Å². The van der Waals surface area contributed by atoms with Crippen molar-refractivity contribution in [3.8, 4) is 11.3 Å². The molecule has 0 bridgehead atoms. The smallest absolute Gasteiger partial charge is 0.255 e. The summed E-state index contributed by atoms with van der Waals surface area (Å²) in [5, 5.41) is 7.42. The van der Waals surface area contributed by atoms with Crippen LogP contribution in [0.15, 0.2) is 97.1 Å². The average Bonchev–Trinajstić information content (AvgIpc) is 3.02. The zero-order valence-electron chi connectivity index (χ0n) is 23.3. The summed E-state index contributed by atoms with van der Waals surface area (Å²) >= 11 is 0. The Morgan fingerprint density at radius 2 is 1.61 bits per heavy atom. The third-order valence-corrected chi connectivity index (χ3v) is 7.64. The number of rotatable bonds is 7. The summed E-state index contributed by atoms with van der Waals surface area (Å²) in [6.07, 6.45) is 0. The fraction of sp³-hybridized carbons (Fsp3) is 0.206. The van der Waals surface area contributed by atoms with Crippen molar-refractivity contribution >= 4 is 34.1 Å². The van der Waals surface area contributed by atoms with Gasteiger partial charge in [0.25, 0.3) is 5.91 Å². The summed E-state index contributed by atoms with van der Waals surface area (Å²) < 4.78 is 5.50. The molecule has 1 atom stereocenters. The lowest BCUT2D eigenvalue weighted by Crippen LogP contribution is -2.38. The van der Waals surface area contributed by atoms with Gasteiger partial charge in [-0.15, -0.1) is 0 Å². The van der Waals surface area contributed by atoms with E-state index in [1.54, 1.807) is 0 Å². The fourth-order valence-electron chi connectivity index (χ4n) is 5.19. The molecule has 0 spiro atoms. The van der Waals surface area contributed by atoms with Crippen LogP contribution in [-0.4, -0.2) is 47.1 Å². The summed E-state index contributed by atoms with van der Waals surface area (Å²) in [6, 6.07) is 32.0. The van der Waals surface area contributed by atoms with E-state index >= 15 is 0 Å². The van der Waals surface area contributed by atoms with Crippen molar-refractivity contribution < 1.29 is 9.53 Å². The molecule has 7 nitrogen and oxygen atoms in total. The van der Waals surface area contributed by atoms with Gasteiger partial charge in [-0.3, -0.25) is 9.69 Å². The molecule has 1 aromatic heterocycles. The molecule has 1 unspecified atom stereocenters. The lowest BCUT2D eigenvalue weighted by molar-refractivity contribution is 0.0199. The van der Waals surface area contributed by atoms with E-state index in [1.165, 1.54) is 5.56 Å². The van der Waals surface area contributed by atoms with Crippen molar-refractivity contribution in [3.63, 3.8) is 0 Å². The highest BCUT2D eigenvalue weighted by Crippen LogP contribution is 2.29. The molecule has 2 heterocycles. The van der Waals surface area contributed by atoms with Crippen molar-refractivity contribution in [1.29, 1.82) is 0 Å². The van der Waals surface area contributed by atoms with Crippen LogP contribution in [0, 0.1) is 6.92 Å². The van der Waals surface area contributed by atoms with Gasteiger partial charge in [0.2, 0.25) is 5.95 Å². The number of fused-ring (bicyclic) bond motifs is 1. The van der Waals surface area contributed by atoms with E-state index in [2.05, 4.69) is 40.7 Å². The first kappa shape index (κ1) is 26.6. The largest absolute Gasteiger partial charge is 0.379 e. The van der Waals surface area contributed by atoms with Crippen molar-refractivity contribution in [2.75, 3.05) is 36.9 Å². The fourth-order valence-corrected chi connectivity index (χ4v) is 5.19. The molecule has 206 valence electrons. The molecule has 7 heteroatoms. The number of ether oxygens (including phenoxy) is 1. The highest BCUT2D eigenvalue weighted by Gasteiger charge is 2.19. The molecule has 1 amide bonds. The van der Waals surface area contributed by atoms with Crippen LogP contribution >= 0.6 is 0 Å². The van der Waals surface area contributed by atoms with Gasteiger partial charge in [-0.2, -0.15) is 0 Å². The molecule has 0 saturated carbocycles. The summed E-state index contributed by atoms with van der Waals surface area (Å²) in [5.74, 6) is 0.353. The molecular weight excluding hydrogens is 510 g/mol. The van der Waals surface area contributed by atoms with E-state index in [9.17, 15) is 4.79 Å². The van der Waals surface area contributed by atoms with Gasteiger partial charge in [-0.25, -0.2) is 9.97 Å². The second-order valence-electron chi connectivity index (χ2n) is 10.3. The molecule has 5 aromatic rings. The number of hydrogen-bond donors (Lipinski definition) is 2. The first-order valence-electron chi connectivity index (χ1n) is 14.0. The summed E-state index contributed by atoms with van der Waals surface area (Å²) in [4.78, 5) is 25.2. The number of nitrogens with one attached hydrogen (secondary N) is 2. The number of nitrogens with zero attached hydrogens (tertiary/aromatic N) is 3. The van der Waals surface area contributed by atoms with Crippen LogP contribution in [0.5, 0.6) is 0 Å². The van der Waals surface area contributed by atoms with E-state index in [-0.39, 0.29) is 11.9 Å². The maximum absolute atomic E-state index is 13.2. The van der Waals surface area contributed by atoms with Crippen LogP contribution < -0.4 is 10.6 Å². The Bertz CT molecular complexity index is 1660. The van der Waals surface area contributed by atoms with Crippen molar-refractivity contribution in [2.45, 2.75) is 19.9 Å². The molecule has 0 aliphatic carbocycles. The molecule has 41 heavy (non-hydrogen) atoms. The van der Waals surface area contributed by atoms with Crippen LogP contribution in [0.25, 0.3) is 22.2 Å². The number of hydrogen-bond acceptors (Lipinski definition) is 6. The van der Waals surface area contributed by atoms with E-state index in [1.807, 2.05) is 85.8 Å². The van der Waals surface area contributed by atoms with Crippen molar-refractivity contribution in [1.82, 2.24) is 14.9 Å². The first-order valence-corrected chi connectivity index (χ1v) is 14.0. The maximum Gasteiger partial charge on any atom is 0.255 e. The molecule has 1 fully saturated rings. The second-order valence-corrected chi connectivity index (χ2v) is 10.3. The zero-order valence-corrected chi connectivity index (χ0v) is 23.3. The number of carbonyl (C=O) groups excluding carboxylic acids is 1. The lowest BCUT2D eigenvalue weighted by Gasteiger charge is -2.32. The second kappa shape index (κ2) is 11.9. The SMILES string of the molecule is Cc1ccc(C(C)N2CCOCC2)cc1NC(=O)c1ccc(Nc2nc(-c3ccccc3)c3ccccc3n2)cc1. The Morgan fingerprint density at radius 1 is 0.878 bits per heavy atom. The number of anilines is 3. The Kier molecular flexibility index (Phi) is 7.71. The minimum Gasteiger partial charge on any atom is -0.379 e. The molecule has 1 saturated heterocycles. The van der Waals surface area contributed by atoms with E-state index < -0.39 is 0 Å². The van der Waals surface area contributed by atoms with Gasteiger partial charge in [-0.05, 0) is 61.4 Å². The van der Waals surface area contributed by atoms with Gasteiger partial charge < -0.3 is 15.4 Å². The lowest BCUT2D eigenvalue weighted by atomic mass is 10.0. The number of benzene rings is 4. The van der Waals surface area contributed by atoms with Gasteiger partial charge in [0.15, 0.2) is 0 Å². The van der Waals surface area contributed by atoms with E-state index in [0.29, 0.717) is 11.5 Å². The predicted octanol–water partition coefficient (Wildman–Crippen LogP) is 6.99. The molecule has 4 aromatic carbocycles. The molecule has 6 rings (SSSR count). The van der Waals surface area contributed by atoms with Gasteiger partial charge in [0.05, 0.1) is 24.4 Å². The minimum absolute atomic E-state index is 0.149. The molecular formula is C34H33N5O2. The average molecular weight is 544 g/mol. The third kappa shape index (κ3) is 5.96. The molecule has 1 aliphatic heterocycles. The highest BCUT2D eigenvalue weighted by molar-refractivity contribution is 6.05. The minimum atomic E-state index is -0.149. The zero-order chi connectivity index (χ0) is 28.2. The van der Waals surface area contributed by atoms with Gasteiger partial charge in [0.1, 0.15) is 0 Å². The van der Waals surface area contributed by atoms with Crippen LogP contribution in [0.3, 0.4) is 0 Å². The molecule has 0 radical (unpaired) electrons. The normalized spacial score (nSPS) is 14.5. The highest BCUT2D eigenvalue weighted by atomic mass is 16.5. The molecule has 2 N–H and O–H groups in total. The number of morpholine rings is 1. The summed E-state index contributed by atoms with van der Waals surface area (Å²) in [5.41, 5.74) is 7.16. The Hall–Kier alpha value is -4.59.